The molecule has 2 fully saturated rings. The normalized spacial score (nSPS) is 24.2. The average Bonchev–Trinajstić information content (AvgIpc) is 3.43. The third kappa shape index (κ3) is 36.9. The fraction of sp³-hybridized carbons (Fsp3) is 0.984. The second kappa shape index (κ2) is 50.7. The maximum Gasteiger partial charge on any atom is 0.306 e. The summed E-state index contributed by atoms with van der Waals surface area (Å²) in [5, 5.41) is 72.5. The lowest BCUT2D eigenvalue weighted by atomic mass is 9.98. The summed E-state index contributed by atoms with van der Waals surface area (Å²) in [6.45, 7) is 3.78. The zero-order valence-electron chi connectivity index (χ0n) is 49.5. The van der Waals surface area contributed by atoms with E-state index in [9.17, 15) is 40.5 Å². The molecule has 0 saturated carbocycles. The molecular formula is C63H122O14. The van der Waals surface area contributed by atoms with Crippen molar-refractivity contribution < 1.29 is 69.0 Å². The van der Waals surface area contributed by atoms with Gasteiger partial charge in [-0.25, -0.2) is 0 Å². The molecule has 14 heteroatoms. The van der Waals surface area contributed by atoms with Crippen LogP contribution in [0.15, 0.2) is 0 Å². The molecule has 11 unspecified atom stereocenters. The smallest absolute Gasteiger partial charge is 0.306 e. The lowest BCUT2D eigenvalue weighted by molar-refractivity contribution is -0.332. The summed E-state index contributed by atoms with van der Waals surface area (Å²) in [7, 11) is 0. The van der Waals surface area contributed by atoms with Crippen molar-refractivity contribution in [3.05, 3.63) is 0 Å². The SMILES string of the molecule is CCCCCCCCCCCCCCCCCCCCCCCCCCOCC(COC1OC(COC2OC(CO)C(O)C(O)C2O)C(O)C(O)C1O)OC(=O)CCCCCCCCCCCCCCCCCCCCC. The van der Waals surface area contributed by atoms with Crippen molar-refractivity contribution in [2.45, 2.75) is 364 Å². The Kier molecular flexibility index (Phi) is 47.5. The number of esters is 1. The molecule has 77 heavy (non-hydrogen) atoms. The van der Waals surface area contributed by atoms with E-state index < -0.39 is 80.7 Å². The van der Waals surface area contributed by atoms with Gasteiger partial charge in [-0.2, -0.15) is 0 Å². The van der Waals surface area contributed by atoms with E-state index in [1.807, 2.05) is 0 Å². The molecule has 7 N–H and O–H groups in total. The largest absolute Gasteiger partial charge is 0.457 e. The van der Waals surface area contributed by atoms with E-state index >= 15 is 0 Å². The fourth-order valence-corrected chi connectivity index (χ4v) is 10.9. The number of carbonyl (C=O) groups excluding carboxylic acids is 1. The summed E-state index contributed by atoms with van der Waals surface area (Å²) >= 11 is 0. The van der Waals surface area contributed by atoms with Crippen LogP contribution in [0.1, 0.15) is 296 Å². The molecule has 2 rings (SSSR count). The molecule has 0 spiro atoms. The Morgan fingerprint density at radius 1 is 0.377 bits per heavy atom. The minimum atomic E-state index is -1.70. The Bertz CT molecular complexity index is 1280. The highest BCUT2D eigenvalue weighted by Crippen LogP contribution is 2.27. The molecule has 0 bridgehead atoms. The van der Waals surface area contributed by atoms with E-state index in [-0.39, 0.29) is 25.6 Å². The van der Waals surface area contributed by atoms with Crippen LogP contribution in [0, 0.1) is 0 Å². The molecular weight excluding hydrogens is 981 g/mol. The topological polar surface area (TPSA) is 214 Å². The molecule has 0 radical (unpaired) electrons. The van der Waals surface area contributed by atoms with Gasteiger partial charge in [-0.15, -0.1) is 0 Å². The van der Waals surface area contributed by atoms with Crippen molar-refractivity contribution in [1.82, 2.24) is 0 Å². The first-order valence-electron chi connectivity index (χ1n) is 32.6. The monoisotopic (exact) mass is 1100 g/mol. The first-order valence-corrected chi connectivity index (χ1v) is 32.6. The number of rotatable bonds is 55. The number of ether oxygens (including phenoxy) is 6. The first-order chi connectivity index (χ1) is 37.6. The average molecular weight is 1100 g/mol. The van der Waals surface area contributed by atoms with Crippen molar-refractivity contribution in [3.63, 3.8) is 0 Å². The van der Waals surface area contributed by atoms with Crippen molar-refractivity contribution >= 4 is 5.97 Å². The highest BCUT2D eigenvalue weighted by atomic mass is 16.7. The van der Waals surface area contributed by atoms with Crippen LogP contribution >= 0.6 is 0 Å². The second-order valence-electron chi connectivity index (χ2n) is 23.3. The molecule has 2 heterocycles. The maximum absolute atomic E-state index is 13.1. The number of aliphatic hydroxyl groups is 7. The Morgan fingerprint density at radius 3 is 1.05 bits per heavy atom. The summed E-state index contributed by atoms with van der Waals surface area (Å²) in [6.07, 6.45) is 40.3. The van der Waals surface area contributed by atoms with E-state index in [1.165, 1.54) is 231 Å². The van der Waals surface area contributed by atoms with Gasteiger partial charge in [0.05, 0.1) is 26.4 Å². The molecule has 2 aliphatic rings. The third-order valence-corrected chi connectivity index (χ3v) is 16.1. The number of hydrogen-bond acceptors (Lipinski definition) is 14. The Morgan fingerprint density at radius 2 is 0.688 bits per heavy atom. The van der Waals surface area contributed by atoms with E-state index in [2.05, 4.69) is 13.8 Å². The van der Waals surface area contributed by atoms with Crippen LogP contribution in [-0.4, -0.2) is 142 Å². The van der Waals surface area contributed by atoms with Crippen LogP contribution in [0.3, 0.4) is 0 Å². The van der Waals surface area contributed by atoms with Crippen LogP contribution in [0.4, 0.5) is 0 Å². The molecule has 0 aromatic rings. The molecule has 11 atom stereocenters. The molecule has 2 saturated heterocycles. The number of carbonyl (C=O) groups is 1. The lowest BCUT2D eigenvalue weighted by Gasteiger charge is -2.42. The predicted molar refractivity (Wildman–Crippen MR) is 308 cm³/mol. The Hall–Kier alpha value is -1.01. The van der Waals surface area contributed by atoms with Gasteiger partial charge in [-0.05, 0) is 12.8 Å². The highest BCUT2D eigenvalue weighted by molar-refractivity contribution is 5.69. The Labute approximate surface area is 470 Å². The van der Waals surface area contributed by atoms with E-state index in [4.69, 9.17) is 28.4 Å². The summed E-state index contributed by atoms with van der Waals surface area (Å²) in [4.78, 5) is 13.1. The quantitative estimate of drug-likeness (QED) is 0.0223. The molecule has 0 aromatic carbocycles. The van der Waals surface area contributed by atoms with Gasteiger partial charge in [-0.3, -0.25) is 4.79 Å². The summed E-state index contributed by atoms with van der Waals surface area (Å²) in [5.41, 5.74) is 0. The van der Waals surface area contributed by atoms with Crippen LogP contribution < -0.4 is 0 Å². The molecule has 2 aliphatic heterocycles. The zero-order valence-corrected chi connectivity index (χ0v) is 49.5. The van der Waals surface area contributed by atoms with Crippen molar-refractivity contribution in [2.75, 3.05) is 33.0 Å². The fourth-order valence-electron chi connectivity index (χ4n) is 10.9. The van der Waals surface area contributed by atoms with Crippen molar-refractivity contribution in [3.8, 4) is 0 Å². The number of unbranched alkanes of at least 4 members (excludes halogenated alkanes) is 41. The minimum Gasteiger partial charge on any atom is -0.457 e. The maximum atomic E-state index is 13.1. The lowest BCUT2D eigenvalue weighted by Crippen LogP contribution is -2.61. The summed E-state index contributed by atoms with van der Waals surface area (Å²) < 4.78 is 34.5. The highest BCUT2D eigenvalue weighted by Gasteiger charge is 2.47. The van der Waals surface area contributed by atoms with Crippen LogP contribution in [-0.2, 0) is 33.2 Å². The van der Waals surface area contributed by atoms with Gasteiger partial charge in [0.1, 0.15) is 54.9 Å². The van der Waals surface area contributed by atoms with Gasteiger partial charge in [0, 0.05) is 13.0 Å². The molecule has 14 nitrogen and oxygen atoms in total. The molecule has 0 amide bonds. The summed E-state index contributed by atoms with van der Waals surface area (Å²) in [6, 6.07) is 0. The van der Waals surface area contributed by atoms with Crippen LogP contribution in [0.25, 0.3) is 0 Å². The van der Waals surface area contributed by atoms with Gasteiger partial charge in [0.2, 0.25) is 0 Å². The van der Waals surface area contributed by atoms with Gasteiger partial charge in [-0.1, -0.05) is 277 Å². The van der Waals surface area contributed by atoms with Crippen molar-refractivity contribution in [1.29, 1.82) is 0 Å². The van der Waals surface area contributed by atoms with Crippen molar-refractivity contribution in [2.24, 2.45) is 0 Å². The zero-order chi connectivity index (χ0) is 55.8. The first kappa shape index (κ1) is 72.1. The molecule has 458 valence electrons. The van der Waals surface area contributed by atoms with Gasteiger partial charge in [0.25, 0.3) is 0 Å². The van der Waals surface area contributed by atoms with E-state index in [0.29, 0.717) is 6.61 Å². The summed E-state index contributed by atoms with van der Waals surface area (Å²) in [5.74, 6) is -0.365. The predicted octanol–water partition coefficient (Wildman–Crippen LogP) is 12.8. The van der Waals surface area contributed by atoms with Crippen LogP contribution in [0.2, 0.25) is 0 Å². The van der Waals surface area contributed by atoms with E-state index in [0.717, 1.165) is 44.9 Å². The number of hydrogen-bond donors (Lipinski definition) is 7. The standard InChI is InChI=1S/C63H122O14/c1-3-5-7-9-11-13-15-17-19-21-23-24-25-26-27-29-31-33-35-37-39-41-43-45-47-72-49-52(75-55(65)46-44-42-40-38-36-34-32-30-28-22-20-18-16-14-12-10-8-6-4-2)50-73-62-61(71)59(69)57(67)54(77-62)51-74-63-60(70)58(68)56(66)53(48-64)76-63/h52-54,56-64,66-71H,3-51H2,1-2H3. The molecule has 0 aliphatic carbocycles. The van der Waals surface area contributed by atoms with E-state index in [1.54, 1.807) is 0 Å². The van der Waals surface area contributed by atoms with Gasteiger partial charge >= 0.3 is 5.97 Å². The van der Waals surface area contributed by atoms with Gasteiger partial charge in [0.15, 0.2) is 12.6 Å². The van der Waals surface area contributed by atoms with Crippen LogP contribution in [0.5, 0.6) is 0 Å². The second-order valence-corrected chi connectivity index (χ2v) is 23.3. The van der Waals surface area contributed by atoms with Gasteiger partial charge < -0.3 is 64.2 Å². The third-order valence-electron chi connectivity index (χ3n) is 16.1. The minimum absolute atomic E-state index is 0.0714. The Balaban J connectivity index is 1.65. The molecule has 0 aromatic heterocycles. The number of aliphatic hydroxyl groups excluding tert-OH is 7.